The van der Waals surface area contributed by atoms with Gasteiger partial charge in [0.1, 0.15) is 6.42 Å². The van der Waals surface area contributed by atoms with Gasteiger partial charge in [0.2, 0.25) is 17.6 Å². The Bertz CT molecular complexity index is 604. The van der Waals surface area contributed by atoms with Crippen LogP contribution < -0.4 is 25.0 Å². The molecule has 0 spiro atoms. The van der Waals surface area contributed by atoms with Crippen LogP contribution in [0.3, 0.4) is 0 Å². The van der Waals surface area contributed by atoms with Gasteiger partial charge < -0.3 is 19.5 Å². The van der Waals surface area contributed by atoms with Crippen molar-refractivity contribution in [1.29, 1.82) is 0 Å². The molecule has 0 bridgehead atoms. The fraction of sp³-hybridized carbons (Fsp3) is 0.471. The molecule has 0 unspecified atom stereocenters. The number of rotatable bonds is 9. The number of nitrogens with zero attached hydrogens (tertiary/aromatic N) is 1. The van der Waals surface area contributed by atoms with E-state index in [0.29, 0.717) is 35.3 Å². The summed E-state index contributed by atoms with van der Waals surface area (Å²) in [5.74, 6) is 0.905. The van der Waals surface area contributed by atoms with Crippen LogP contribution >= 0.6 is 0 Å². The van der Waals surface area contributed by atoms with Gasteiger partial charge in [0.15, 0.2) is 11.5 Å². The van der Waals surface area contributed by atoms with Crippen molar-refractivity contribution < 1.29 is 23.8 Å². The van der Waals surface area contributed by atoms with Gasteiger partial charge in [-0.2, -0.15) is 5.10 Å². The normalized spacial score (nSPS) is 10.6. The first kappa shape index (κ1) is 20.3. The molecule has 0 saturated carbocycles. The SMILES string of the molecule is COc1cc(C=NNC(=O)CC(=O)NCC(C)C)cc(OC)c1OC. The summed E-state index contributed by atoms with van der Waals surface area (Å²) in [6.07, 6.45) is 1.15. The van der Waals surface area contributed by atoms with Crippen molar-refractivity contribution in [2.75, 3.05) is 27.9 Å². The number of carbonyl (C=O) groups excluding carboxylic acids is 2. The lowest BCUT2D eigenvalue weighted by Gasteiger charge is -2.12. The first-order chi connectivity index (χ1) is 11.9. The Morgan fingerprint density at radius 2 is 1.68 bits per heavy atom. The summed E-state index contributed by atoms with van der Waals surface area (Å²) >= 11 is 0. The molecule has 0 aliphatic carbocycles. The van der Waals surface area contributed by atoms with Crippen LogP contribution in [-0.4, -0.2) is 45.9 Å². The van der Waals surface area contributed by atoms with E-state index in [4.69, 9.17) is 14.2 Å². The average molecular weight is 351 g/mol. The molecule has 0 aromatic heterocycles. The summed E-state index contributed by atoms with van der Waals surface area (Å²) < 4.78 is 15.7. The van der Waals surface area contributed by atoms with Gasteiger partial charge in [-0.1, -0.05) is 13.8 Å². The van der Waals surface area contributed by atoms with E-state index >= 15 is 0 Å². The van der Waals surface area contributed by atoms with Gasteiger partial charge in [0, 0.05) is 12.1 Å². The maximum Gasteiger partial charge on any atom is 0.249 e. The Hall–Kier alpha value is -2.77. The molecule has 0 fully saturated rings. The molecule has 0 aliphatic rings. The fourth-order valence-corrected chi connectivity index (χ4v) is 1.92. The van der Waals surface area contributed by atoms with Crippen LogP contribution in [0, 0.1) is 5.92 Å². The Morgan fingerprint density at radius 3 is 2.16 bits per heavy atom. The van der Waals surface area contributed by atoms with Crippen molar-refractivity contribution >= 4 is 18.0 Å². The second-order valence-corrected chi connectivity index (χ2v) is 5.63. The summed E-state index contributed by atoms with van der Waals surface area (Å²) in [7, 11) is 4.53. The van der Waals surface area contributed by atoms with Crippen LogP contribution in [-0.2, 0) is 9.59 Å². The van der Waals surface area contributed by atoms with Crippen LogP contribution in [0.25, 0.3) is 0 Å². The van der Waals surface area contributed by atoms with Crippen molar-refractivity contribution in [2.45, 2.75) is 20.3 Å². The van der Waals surface area contributed by atoms with Crippen molar-refractivity contribution in [3.63, 3.8) is 0 Å². The number of nitrogens with one attached hydrogen (secondary N) is 2. The Morgan fingerprint density at radius 1 is 1.08 bits per heavy atom. The molecule has 1 aromatic rings. The predicted octanol–water partition coefficient (Wildman–Crippen LogP) is 1.32. The van der Waals surface area contributed by atoms with Crippen LogP contribution in [0.4, 0.5) is 0 Å². The van der Waals surface area contributed by atoms with E-state index in [1.165, 1.54) is 27.5 Å². The molecular formula is C17H25N3O5. The van der Waals surface area contributed by atoms with E-state index < -0.39 is 5.91 Å². The number of hydrogen-bond donors (Lipinski definition) is 2. The van der Waals surface area contributed by atoms with Crippen LogP contribution in [0.5, 0.6) is 17.2 Å². The summed E-state index contributed by atoms with van der Waals surface area (Å²) in [6, 6.07) is 3.37. The van der Waals surface area contributed by atoms with E-state index in [1.54, 1.807) is 12.1 Å². The molecule has 0 radical (unpaired) electrons. The predicted molar refractivity (Wildman–Crippen MR) is 94.3 cm³/mol. The molecule has 0 heterocycles. The number of benzene rings is 1. The van der Waals surface area contributed by atoms with E-state index in [-0.39, 0.29) is 12.3 Å². The quantitative estimate of drug-likeness (QED) is 0.397. The molecule has 25 heavy (non-hydrogen) atoms. The maximum absolute atomic E-state index is 11.7. The zero-order valence-corrected chi connectivity index (χ0v) is 15.2. The monoisotopic (exact) mass is 351 g/mol. The van der Waals surface area contributed by atoms with Crippen LogP contribution in [0.2, 0.25) is 0 Å². The smallest absolute Gasteiger partial charge is 0.249 e. The lowest BCUT2D eigenvalue weighted by Crippen LogP contribution is -2.32. The van der Waals surface area contributed by atoms with Crippen molar-refractivity contribution in [1.82, 2.24) is 10.7 Å². The molecule has 1 aromatic carbocycles. The molecule has 8 nitrogen and oxygen atoms in total. The van der Waals surface area contributed by atoms with Gasteiger partial charge in [-0.05, 0) is 18.1 Å². The highest BCUT2D eigenvalue weighted by atomic mass is 16.5. The first-order valence-corrected chi connectivity index (χ1v) is 7.79. The number of hydrogen-bond acceptors (Lipinski definition) is 6. The third kappa shape index (κ3) is 6.70. The number of hydrazone groups is 1. The van der Waals surface area contributed by atoms with Crippen molar-refractivity contribution in [3.05, 3.63) is 17.7 Å². The number of ether oxygens (including phenoxy) is 3. The lowest BCUT2D eigenvalue weighted by atomic mass is 10.2. The van der Waals surface area contributed by atoms with Gasteiger partial charge in [0.25, 0.3) is 0 Å². The molecule has 0 saturated heterocycles. The van der Waals surface area contributed by atoms with Gasteiger partial charge in [-0.15, -0.1) is 0 Å². The third-order valence-electron chi connectivity index (χ3n) is 3.12. The van der Waals surface area contributed by atoms with Crippen molar-refractivity contribution in [2.24, 2.45) is 11.0 Å². The maximum atomic E-state index is 11.7. The zero-order valence-electron chi connectivity index (χ0n) is 15.2. The molecular weight excluding hydrogens is 326 g/mol. The minimum atomic E-state index is -0.495. The van der Waals surface area contributed by atoms with E-state index in [1.807, 2.05) is 13.8 Å². The molecule has 0 atom stereocenters. The van der Waals surface area contributed by atoms with Gasteiger partial charge in [0.05, 0.1) is 27.5 Å². The molecule has 2 N–H and O–H groups in total. The summed E-state index contributed by atoms with van der Waals surface area (Å²) in [5, 5.41) is 6.50. The van der Waals surface area contributed by atoms with Crippen LogP contribution in [0.1, 0.15) is 25.8 Å². The molecule has 138 valence electrons. The van der Waals surface area contributed by atoms with Gasteiger partial charge >= 0.3 is 0 Å². The minimum Gasteiger partial charge on any atom is -0.493 e. The number of amides is 2. The zero-order chi connectivity index (χ0) is 18.8. The third-order valence-corrected chi connectivity index (χ3v) is 3.12. The number of methoxy groups -OCH3 is 3. The molecule has 1 rings (SSSR count). The Balaban J connectivity index is 2.66. The Labute approximate surface area is 147 Å². The minimum absolute atomic E-state index is 0.278. The summed E-state index contributed by atoms with van der Waals surface area (Å²) in [4.78, 5) is 23.2. The molecule has 0 aliphatic heterocycles. The Kier molecular flexibility index (Phi) is 8.25. The number of carbonyl (C=O) groups is 2. The van der Waals surface area contributed by atoms with Crippen LogP contribution in [0.15, 0.2) is 17.2 Å². The largest absolute Gasteiger partial charge is 0.493 e. The highest BCUT2D eigenvalue weighted by molar-refractivity contribution is 5.97. The fourth-order valence-electron chi connectivity index (χ4n) is 1.92. The molecule has 8 heteroatoms. The highest BCUT2D eigenvalue weighted by Gasteiger charge is 2.12. The van der Waals surface area contributed by atoms with E-state index in [9.17, 15) is 9.59 Å². The average Bonchev–Trinajstić information content (AvgIpc) is 2.58. The lowest BCUT2D eigenvalue weighted by molar-refractivity contribution is -0.129. The van der Waals surface area contributed by atoms with Crippen molar-refractivity contribution in [3.8, 4) is 17.2 Å². The summed E-state index contributed by atoms with van der Waals surface area (Å²) in [6.45, 7) is 4.48. The van der Waals surface area contributed by atoms with Gasteiger partial charge in [-0.3, -0.25) is 9.59 Å². The second-order valence-electron chi connectivity index (χ2n) is 5.63. The topological polar surface area (TPSA) is 98.2 Å². The summed E-state index contributed by atoms with van der Waals surface area (Å²) in [5.41, 5.74) is 2.95. The first-order valence-electron chi connectivity index (χ1n) is 7.79. The second kappa shape index (κ2) is 10.2. The standard InChI is InChI=1S/C17H25N3O5/c1-11(2)9-18-15(21)8-16(22)20-19-10-12-6-13(23-3)17(25-5)14(7-12)24-4/h6-7,10-11H,8-9H2,1-5H3,(H,18,21)(H,20,22). The highest BCUT2D eigenvalue weighted by Crippen LogP contribution is 2.37. The van der Waals surface area contributed by atoms with E-state index in [0.717, 1.165) is 0 Å². The molecule has 2 amide bonds. The van der Waals surface area contributed by atoms with Gasteiger partial charge in [-0.25, -0.2) is 5.43 Å². The van der Waals surface area contributed by atoms with E-state index in [2.05, 4.69) is 15.8 Å².